The minimum Gasteiger partial charge on any atom is -0.437 e. The number of carbonyl (C=O) groups is 1. The van der Waals surface area contributed by atoms with Gasteiger partial charge in [-0.25, -0.2) is 15.0 Å². The average molecular weight is 578 g/mol. The highest BCUT2D eigenvalue weighted by Gasteiger charge is 2.61. The molecule has 1 aliphatic heterocycles. The number of nitrogens with one attached hydrogen (secondary N) is 1. The molecule has 19 heteroatoms. The van der Waals surface area contributed by atoms with Crippen LogP contribution in [0.3, 0.4) is 0 Å². The lowest BCUT2D eigenvalue weighted by atomic mass is 9.26. The Morgan fingerprint density at radius 2 is 1.59 bits per heavy atom. The summed E-state index contributed by atoms with van der Waals surface area (Å²) in [6.45, 7) is 1.85. The third kappa shape index (κ3) is 4.80. The largest absolute Gasteiger partial charge is 0.437 e. The van der Waals surface area contributed by atoms with Crippen LogP contribution in [0, 0.1) is 18.3 Å². The molecule has 4 aromatic rings. The molecule has 0 bridgehead atoms. The zero-order chi connectivity index (χ0) is 32.4. The van der Waals surface area contributed by atoms with Gasteiger partial charge in [-0.15, -0.1) is 0 Å². The van der Waals surface area contributed by atoms with Crippen LogP contribution in [-0.4, -0.2) is 131 Å². The van der Waals surface area contributed by atoms with E-state index < -0.39 is 10.7 Å². The molecule has 214 valence electrons. The maximum Gasteiger partial charge on any atom is 0.253 e. The van der Waals surface area contributed by atoms with Crippen LogP contribution in [0.4, 0.5) is 11.5 Å². The molecule has 1 aliphatic rings. The fraction of sp³-hybridized carbons (Fsp3) is 0.280. The molecule has 5 rings (SSSR count). The van der Waals surface area contributed by atoms with E-state index in [4.69, 9.17) is 10.00 Å². The van der Waals surface area contributed by atoms with Gasteiger partial charge in [-0.1, -0.05) is 0 Å². The van der Waals surface area contributed by atoms with Crippen molar-refractivity contribution in [1.82, 2.24) is 34.3 Å². The summed E-state index contributed by atoms with van der Waals surface area (Å²) in [6, 6.07) is 9.04. The van der Waals surface area contributed by atoms with Gasteiger partial charge in [0.15, 0.2) is 11.4 Å². The van der Waals surface area contributed by atoms with Gasteiger partial charge in [-0.05, 0) is 59.1 Å². The van der Waals surface area contributed by atoms with Crippen molar-refractivity contribution in [3.05, 3.63) is 59.8 Å². The van der Waals surface area contributed by atoms with Gasteiger partial charge in [0.25, 0.3) is 5.91 Å². The third-order valence-corrected chi connectivity index (χ3v) is 10.3. The molecular weight excluding hydrogens is 545 g/mol. The predicted octanol–water partition coefficient (Wildman–Crippen LogP) is -5.46. The quantitative estimate of drug-likeness (QED) is 0.231. The van der Waals surface area contributed by atoms with Crippen LogP contribution in [0.25, 0.3) is 11.2 Å². The number of imidazole rings is 1. The Kier molecular flexibility index (Phi) is 7.52. The SMILES string of the molecule is BC1(B)N(C)C(B)(B)C(B)(B)N(C(=O)c2ccc(Nc3cc(Oc4cnc(C#N)cc4C)nc4c3ncn4C)nc2)C1(B)B. The molecule has 11 nitrogen and oxygen atoms in total. The fourth-order valence-electron chi connectivity index (χ4n) is 6.18. The van der Waals surface area contributed by atoms with E-state index in [-0.39, 0.29) is 16.6 Å². The number of hydrogen-bond donors (Lipinski definition) is 1. The number of pyridine rings is 3. The van der Waals surface area contributed by atoms with Crippen molar-refractivity contribution in [2.45, 2.75) is 28.3 Å². The first-order chi connectivity index (χ1) is 20.4. The summed E-state index contributed by atoms with van der Waals surface area (Å²) in [6.07, 6.45) is 4.81. The average Bonchev–Trinajstić information content (AvgIpc) is 3.33. The number of likely N-dealkylation sites (N-methyl/N-ethyl adjacent to an activating group) is 1. The van der Waals surface area contributed by atoms with Crippen molar-refractivity contribution in [3.8, 4) is 17.7 Å². The molecule has 0 aromatic carbocycles. The molecule has 1 amide bonds. The Morgan fingerprint density at radius 1 is 0.932 bits per heavy atom. The Morgan fingerprint density at radius 3 is 2.16 bits per heavy atom. The third-order valence-electron chi connectivity index (χ3n) is 10.3. The number of fused-ring (bicyclic) bond motifs is 1. The first-order valence-electron chi connectivity index (χ1n) is 14.6. The standard InChI is InChI=1S/C25H33B8N9O2/c1-12-6-14(8-34)35-10-16(12)44-18-7-15(19-20(39-18)40(2)11-37-19)38-17-5-4-13(9-36-17)21(43)42-24(30,31)22(26,27)41(3)23(28,29)25(42,32)33/h4-7,9-11H,26-33H2,1-3H3,(H,36,38,39). The Balaban J connectivity index is 1.45. The van der Waals surface area contributed by atoms with Gasteiger partial charge in [-0.3, -0.25) is 4.79 Å². The molecule has 0 spiro atoms. The number of anilines is 2. The van der Waals surface area contributed by atoms with E-state index in [2.05, 4.69) is 100.0 Å². The second kappa shape index (κ2) is 10.5. The summed E-state index contributed by atoms with van der Waals surface area (Å²) in [4.78, 5) is 36.6. The summed E-state index contributed by atoms with van der Waals surface area (Å²) in [5.41, 5.74) is 3.48. The van der Waals surface area contributed by atoms with Crippen LogP contribution in [0.1, 0.15) is 21.6 Å². The summed E-state index contributed by atoms with van der Waals surface area (Å²) in [5.74, 6) is 1.30. The maximum atomic E-state index is 14.2. The van der Waals surface area contributed by atoms with Crippen molar-refractivity contribution in [3.63, 3.8) is 0 Å². The first kappa shape index (κ1) is 31.4. The number of carbonyl (C=O) groups excluding carboxylic acids is 1. The number of amides is 1. The summed E-state index contributed by atoms with van der Waals surface area (Å²) in [7, 11) is 21.3. The topological polar surface area (TPSA) is 125 Å². The second-order valence-electron chi connectivity index (χ2n) is 13.6. The molecule has 44 heavy (non-hydrogen) atoms. The number of aromatic nitrogens is 5. The molecular formula is C25H33B8N9O2. The molecule has 5 heterocycles. The van der Waals surface area contributed by atoms with Crippen LogP contribution >= 0.6 is 0 Å². The molecule has 0 unspecified atom stereocenters. The van der Waals surface area contributed by atoms with E-state index in [0.717, 1.165) is 5.56 Å². The zero-order valence-corrected chi connectivity index (χ0v) is 27.4. The molecule has 0 atom stereocenters. The normalized spacial score (nSPS) is 18.4. The summed E-state index contributed by atoms with van der Waals surface area (Å²) in [5, 5.41) is 10.9. The van der Waals surface area contributed by atoms with Crippen molar-refractivity contribution in [2.75, 3.05) is 12.4 Å². The van der Waals surface area contributed by atoms with Crippen LogP contribution in [0.5, 0.6) is 11.6 Å². The highest BCUT2D eigenvalue weighted by molar-refractivity contribution is 6.61. The molecule has 0 radical (unpaired) electrons. The van der Waals surface area contributed by atoms with E-state index in [9.17, 15) is 4.79 Å². The van der Waals surface area contributed by atoms with Gasteiger partial charge in [-0.2, -0.15) is 10.2 Å². The lowest BCUT2D eigenvalue weighted by Gasteiger charge is -2.73. The van der Waals surface area contributed by atoms with Crippen LogP contribution in [0.15, 0.2) is 43.0 Å². The number of rotatable bonds is 5. The van der Waals surface area contributed by atoms with E-state index in [1.165, 1.54) is 6.20 Å². The van der Waals surface area contributed by atoms with Gasteiger partial charge < -0.3 is 24.4 Å². The minimum atomic E-state index is -0.477. The number of nitrogens with zero attached hydrogens (tertiary/aromatic N) is 8. The summed E-state index contributed by atoms with van der Waals surface area (Å²) >= 11 is 0. The van der Waals surface area contributed by atoms with E-state index >= 15 is 0 Å². The van der Waals surface area contributed by atoms with Crippen molar-refractivity contribution in [1.29, 1.82) is 5.26 Å². The number of nitriles is 1. The predicted molar refractivity (Wildman–Crippen MR) is 193 cm³/mol. The smallest absolute Gasteiger partial charge is 0.253 e. The van der Waals surface area contributed by atoms with Crippen LogP contribution in [-0.2, 0) is 7.05 Å². The molecule has 0 saturated carbocycles. The van der Waals surface area contributed by atoms with E-state index in [0.29, 0.717) is 45.6 Å². The highest BCUT2D eigenvalue weighted by atomic mass is 16.5. The van der Waals surface area contributed by atoms with Crippen LogP contribution < -0.4 is 10.1 Å². The second-order valence-corrected chi connectivity index (χ2v) is 13.6. The molecule has 4 aromatic heterocycles. The van der Waals surface area contributed by atoms with Crippen LogP contribution in [0.2, 0.25) is 0 Å². The molecule has 1 saturated heterocycles. The van der Waals surface area contributed by atoms with E-state index in [1.54, 1.807) is 35.3 Å². The monoisotopic (exact) mass is 579 g/mol. The lowest BCUT2D eigenvalue weighted by Crippen LogP contribution is -2.91. The highest BCUT2D eigenvalue weighted by Crippen LogP contribution is 2.42. The Bertz CT molecular complexity index is 1790. The lowest BCUT2D eigenvalue weighted by molar-refractivity contribution is 0.00268. The minimum absolute atomic E-state index is 0.0635. The first-order valence-corrected chi connectivity index (χ1v) is 14.6. The van der Waals surface area contributed by atoms with Crippen molar-refractivity contribution in [2.24, 2.45) is 7.05 Å². The van der Waals surface area contributed by atoms with Gasteiger partial charge >= 0.3 is 0 Å². The van der Waals surface area contributed by atoms with Gasteiger partial charge in [0.05, 0.1) is 23.8 Å². The van der Waals surface area contributed by atoms with Crippen molar-refractivity contribution >= 4 is 91.3 Å². The Hall–Kier alpha value is -4.04. The Labute approximate surface area is 265 Å². The zero-order valence-electron chi connectivity index (χ0n) is 27.4. The summed E-state index contributed by atoms with van der Waals surface area (Å²) < 4.78 is 7.88. The maximum absolute atomic E-state index is 14.2. The number of hydrogen-bond acceptors (Lipinski definition) is 9. The van der Waals surface area contributed by atoms with Gasteiger partial charge in [0, 0.05) is 19.3 Å². The van der Waals surface area contributed by atoms with Gasteiger partial charge in [0.1, 0.15) is 85.9 Å². The number of ether oxygens (including phenoxy) is 1. The molecule has 1 N–H and O–H groups in total. The van der Waals surface area contributed by atoms with E-state index in [1.807, 2.05) is 31.0 Å². The number of piperazine rings is 1. The fourth-order valence-corrected chi connectivity index (χ4v) is 6.18. The number of aryl methyl sites for hydroxylation is 2. The molecule has 0 aliphatic carbocycles. The van der Waals surface area contributed by atoms with Gasteiger partial charge in [0.2, 0.25) is 5.88 Å². The van der Waals surface area contributed by atoms with Crippen molar-refractivity contribution < 1.29 is 9.53 Å². The molecule has 1 fully saturated rings.